The Bertz CT molecular complexity index is 493. The maximum absolute atomic E-state index is 10.6. The van der Waals surface area contributed by atoms with Crippen LogP contribution < -0.4 is 0 Å². The summed E-state index contributed by atoms with van der Waals surface area (Å²) in [5.41, 5.74) is 0.934. The molecule has 0 spiro atoms. The summed E-state index contributed by atoms with van der Waals surface area (Å²) < 4.78 is 5.49. The number of carboxylic acid groups (broad SMARTS) is 1. The second-order valence-electron chi connectivity index (χ2n) is 3.73. The second-order valence-corrected chi connectivity index (χ2v) is 4.76. The molecule has 2 aromatic rings. The Labute approximate surface area is 109 Å². The van der Waals surface area contributed by atoms with Crippen molar-refractivity contribution in [2.75, 3.05) is 6.61 Å². The Kier molecular flexibility index (Phi) is 4.44. The number of carbonyl (C=O) groups is 1. The third kappa shape index (κ3) is 3.65. The maximum atomic E-state index is 10.6. The van der Waals surface area contributed by atoms with Crippen LogP contribution in [0.4, 0.5) is 0 Å². The number of thiophene rings is 1. The quantitative estimate of drug-likeness (QED) is 0.814. The SMILES string of the molecule is O=C(O)c1ccc(COCCc2cccs2)nc1. The number of ether oxygens (including phenoxy) is 1. The minimum atomic E-state index is -0.965. The van der Waals surface area contributed by atoms with Crippen molar-refractivity contribution in [2.24, 2.45) is 0 Å². The molecule has 0 aromatic carbocycles. The van der Waals surface area contributed by atoms with Crippen molar-refractivity contribution in [1.29, 1.82) is 0 Å². The molecule has 2 heterocycles. The van der Waals surface area contributed by atoms with E-state index in [2.05, 4.69) is 11.1 Å². The number of aromatic nitrogens is 1. The fourth-order valence-electron chi connectivity index (χ4n) is 1.44. The molecule has 5 heteroatoms. The van der Waals surface area contributed by atoms with Gasteiger partial charge in [-0.3, -0.25) is 4.98 Å². The van der Waals surface area contributed by atoms with Crippen LogP contribution in [0.25, 0.3) is 0 Å². The van der Waals surface area contributed by atoms with Gasteiger partial charge in [-0.25, -0.2) is 4.79 Å². The van der Waals surface area contributed by atoms with Gasteiger partial charge in [0, 0.05) is 17.5 Å². The fraction of sp³-hybridized carbons (Fsp3) is 0.231. The zero-order chi connectivity index (χ0) is 12.8. The highest BCUT2D eigenvalue weighted by molar-refractivity contribution is 7.09. The van der Waals surface area contributed by atoms with E-state index in [9.17, 15) is 4.79 Å². The normalized spacial score (nSPS) is 10.4. The summed E-state index contributed by atoms with van der Waals surface area (Å²) >= 11 is 1.71. The van der Waals surface area contributed by atoms with Crippen LogP contribution >= 0.6 is 11.3 Å². The lowest BCUT2D eigenvalue weighted by Crippen LogP contribution is -2.02. The summed E-state index contributed by atoms with van der Waals surface area (Å²) in [7, 11) is 0. The van der Waals surface area contributed by atoms with Gasteiger partial charge in [-0.2, -0.15) is 0 Å². The van der Waals surface area contributed by atoms with E-state index in [0.29, 0.717) is 13.2 Å². The van der Waals surface area contributed by atoms with Crippen LogP contribution in [0.15, 0.2) is 35.8 Å². The number of pyridine rings is 1. The lowest BCUT2D eigenvalue weighted by Gasteiger charge is -2.03. The predicted octanol–water partition coefficient (Wildman–Crippen LogP) is 2.60. The van der Waals surface area contributed by atoms with Gasteiger partial charge in [-0.05, 0) is 23.6 Å². The van der Waals surface area contributed by atoms with Crippen LogP contribution in [0.1, 0.15) is 20.9 Å². The summed E-state index contributed by atoms with van der Waals surface area (Å²) in [6.45, 7) is 1.05. The first-order valence-corrected chi connectivity index (χ1v) is 6.42. The summed E-state index contributed by atoms with van der Waals surface area (Å²) in [5, 5.41) is 10.8. The summed E-state index contributed by atoms with van der Waals surface area (Å²) in [6.07, 6.45) is 2.24. The third-order valence-electron chi connectivity index (χ3n) is 2.39. The van der Waals surface area contributed by atoms with Gasteiger partial charge in [0.2, 0.25) is 0 Å². The number of aromatic carboxylic acids is 1. The monoisotopic (exact) mass is 263 g/mol. The van der Waals surface area contributed by atoms with Gasteiger partial charge in [0.25, 0.3) is 0 Å². The van der Waals surface area contributed by atoms with E-state index in [0.717, 1.165) is 12.1 Å². The van der Waals surface area contributed by atoms with Crippen molar-refractivity contribution < 1.29 is 14.6 Å². The minimum Gasteiger partial charge on any atom is -0.478 e. The number of hydrogen-bond acceptors (Lipinski definition) is 4. The molecule has 0 atom stereocenters. The lowest BCUT2D eigenvalue weighted by atomic mass is 10.2. The van der Waals surface area contributed by atoms with Crippen molar-refractivity contribution in [2.45, 2.75) is 13.0 Å². The first-order valence-electron chi connectivity index (χ1n) is 5.54. The molecule has 0 saturated carbocycles. The van der Waals surface area contributed by atoms with Gasteiger partial charge in [0.15, 0.2) is 0 Å². The maximum Gasteiger partial charge on any atom is 0.337 e. The highest BCUT2D eigenvalue weighted by Gasteiger charge is 2.03. The van der Waals surface area contributed by atoms with Crippen LogP contribution in [0.3, 0.4) is 0 Å². The molecular formula is C13H13NO3S. The predicted molar refractivity (Wildman–Crippen MR) is 68.9 cm³/mol. The number of hydrogen-bond donors (Lipinski definition) is 1. The Hall–Kier alpha value is -1.72. The van der Waals surface area contributed by atoms with E-state index in [1.54, 1.807) is 17.4 Å². The van der Waals surface area contributed by atoms with Crippen LogP contribution in [0, 0.1) is 0 Å². The minimum absolute atomic E-state index is 0.192. The molecule has 0 bridgehead atoms. The van der Waals surface area contributed by atoms with E-state index in [1.807, 2.05) is 11.4 Å². The van der Waals surface area contributed by atoms with Crippen LogP contribution in [-0.4, -0.2) is 22.7 Å². The average molecular weight is 263 g/mol. The van der Waals surface area contributed by atoms with Crippen molar-refractivity contribution in [1.82, 2.24) is 4.98 Å². The van der Waals surface area contributed by atoms with E-state index in [-0.39, 0.29) is 5.56 Å². The van der Waals surface area contributed by atoms with E-state index >= 15 is 0 Å². The lowest BCUT2D eigenvalue weighted by molar-refractivity contribution is 0.0696. The molecule has 2 aromatic heterocycles. The van der Waals surface area contributed by atoms with Gasteiger partial charge in [-0.15, -0.1) is 11.3 Å². The molecule has 0 aliphatic rings. The Morgan fingerprint density at radius 3 is 2.89 bits per heavy atom. The number of nitrogens with zero attached hydrogens (tertiary/aromatic N) is 1. The molecule has 0 amide bonds. The topological polar surface area (TPSA) is 59.4 Å². The van der Waals surface area contributed by atoms with Crippen LogP contribution in [0.5, 0.6) is 0 Å². The smallest absolute Gasteiger partial charge is 0.337 e. The molecule has 18 heavy (non-hydrogen) atoms. The standard InChI is InChI=1S/C13H13NO3S/c15-13(16)10-3-4-11(14-8-10)9-17-6-5-12-2-1-7-18-12/h1-4,7-8H,5-6,9H2,(H,15,16). The molecule has 0 unspecified atom stereocenters. The van der Waals surface area contributed by atoms with Gasteiger partial charge >= 0.3 is 5.97 Å². The van der Waals surface area contributed by atoms with Gasteiger partial charge in [-0.1, -0.05) is 6.07 Å². The first kappa shape index (κ1) is 12.7. The van der Waals surface area contributed by atoms with Crippen LogP contribution in [0.2, 0.25) is 0 Å². The zero-order valence-electron chi connectivity index (χ0n) is 9.70. The Morgan fingerprint density at radius 1 is 1.39 bits per heavy atom. The van der Waals surface area contributed by atoms with Gasteiger partial charge in [0.1, 0.15) is 0 Å². The molecule has 0 radical (unpaired) electrons. The highest BCUT2D eigenvalue weighted by atomic mass is 32.1. The van der Waals surface area contributed by atoms with Gasteiger partial charge in [0.05, 0.1) is 24.5 Å². The molecule has 94 valence electrons. The molecule has 0 aliphatic heterocycles. The van der Waals surface area contributed by atoms with Crippen LogP contribution in [-0.2, 0) is 17.8 Å². The molecule has 2 rings (SSSR count). The van der Waals surface area contributed by atoms with Crippen molar-refractivity contribution >= 4 is 17.3 Å². The number of carboxylic acids is 1. The van der Waals surface area contributed by atoms with Crippen molar-refractivity contribution in [3.8, 4) is 0 Å². The fourth-order valence-corrected chi connectivity index (χ4v) is 2.13. The number of rotatable bonds is 6. The van der Waals surface area contributed by atoms with E-state index < -0.39 is 5.97 Å². The molecule has 4 nitrogen and oxygen atoms in total. The first-order chi connectivity index (χ1) is 8.75. The molecule has 0 saturated heterocycles. The third-order valence-corrected chi connectivity index (χ3v) is 3.33. The molecule has 0 aliphatic carbocycles. The summed E-state index contributed by atoms with van der Waals surface area (Å²) in [5.74, 6) is -0.965. The largest absolute Gasteiger partial charge is 0.478 e. The Balaban J connectivity index is 1.75. The second kappa shape index (κ2) is 6.28. The van der Waals surface area contributed by atoms with E-state index in [4.69, 9.17) is 9.84 Å². The average Bonchev–Trinajstić information content (AvgIpc) is 2.88. The Morgan fingerprint density at radius 2 is 2.28 bits per heavy atom. The van der Waals surface area contributed by atoms with E-state index in [1.165, 1.54) is 17.1 Å². The van der Waals surface area contributed by atoms with Gasteiger partial charge < -0.3 is 9.84 Å². The summed E-state index contributed by atoms with van der Waals surface area (Å²) in [4.78, 5) is 16.0. The highest BCUT2D eigenvalue weighted by Crippen LogP contribution is 2.09. The zero-order valence-corrected chi connectivity index (χ0v) is 10.5. The van der Waals surface area contributed by atoms with Crippen molar-refractivity contribution in [3.05, 3.63) is 52.0 Å². The summed E-state index contributed by atoms with van der Waals surface area (Å²) in [6, 6.07) is 7.31. The molecule has 0 fully saturated rings. The van der Waals surface area contributed by atoms with Crippen molar-refractivity contribution in [3.63, 3.8) is 0 Å². The molecular weight excluding hydrogens is 250 g/mol. The molecule has 1 N–H and O–H groups in total.